The molecule has 2 atom stereocenters. The van der Waals surface area contributed by atoms with Crippen LogP contribution in [-0.4, -0.2) is 67.0 Å². The average Bonchev–Trinajstić information content (AvgIpc) is 3.40. The second-order valence-electron chi connectivity index (χ2n) is 10.9. The number of rotatable bonds is 4. The van der Waals surface area contributed by atoms with E-state index in [0.29, 0.717) is 18.5 Å². The number of carbonyl (C=O) groups is 2. The van der Waals surface area contributed by atoms with Crippen molar-refractivity contribution in [2.45, 2.75) is 58.4 Å². The minimum absolute atomic E-state index is 0.162. The number of para-hydroxylation sites is 1. The van der Waals surface area contributed by atoms with Gasteiger partial charge in [-0.1, -0.05) is 18.2 Å². The van der Waals surface area contributed by atoms with E-state index in [-0.39, 0.29) is 12.5 Å². The number of nitrogens with zero attached hydrogens (tertiary/aromatic N) is 4. The third-order valence-electron chi connectivity index (χ3n) is 7.05. The maximum atomic E-state index is 13.5. The zero-order valence-corrected chi connectivity index (χ0v) is 22.6. The van der Waals surface area contributed by atoms with E-state index in [1.165, 1.54) is 0 Å². The molecular formula is C29H35N5O4. The van der Waals surface area contributed by atoms with Gasteiger partial charge in [0.2, 0.25) is 0 Å². The van der Waals surface area contributed by atoms with Crippen LogP contribution in [0.4, 0.5) is 4.79 Å². The quantitative estimate of drug-likeness (QED) is 0.420. The van der Waals surface area contributed by atoms with Crippen LogP contribution in [0.5, 0.6) is 0 Å². The highest BCUT2D eigenvalue weighted by atomic mass is 16.6. The lowest BCUT2D eigenvalue weighted by molar-refractivity contribution is 0.0210. The van der Waals surface area contributed by atoms with Gasteiger partial charge in [0.1, 0.15) is 5.60 Å². The number of benzene rings is 2. The summed E-state index contributed by atoms with van der Waals surface area (Å²) >= 11 is 0. The fraction of sp³-hybridized carbons (Fsp3) is 0.414. The molecule has 0 unspecified atom stereocenters. The minimum atomic E-state index is -0.752. The third kappa shape index (κ3) is 4.86. The summed E-state index contributed by atoms with van der Waals surface area (Å²) in [5.41, 5.74) is 3.73. The number of nitrogens with one attached hydrogen (secondary N) is 1. The Kier molecular flexibility index (Phi) is 6.65. The average molecular weight is 518 g/mol. The SMILES string of the molecule is CCn1c(-c2nc3cc(C(=O)N4CC[C@H](O)[C@H](NC(=O)OC(C)(C)C)C4)ccc3n2C)cc2ccccc21. The number of fused-ring (bicyclic) bond motifs is 2. The molecule has 9 nitrogen and oxygen atoms in total. The Morgan fingerprint density at radius 2 is 1.89 bits per heavy atom. The second kappa shape index (κ2) is 9.79. The van der Waals surface area contributed by atoms with Crippen LogP contribution >= 0.6 is 0 Å². The number of likely N-dealkylation sites (tertiary alicyclic amines) is 1. The highest BCUT2D eigenvalue weighted by Crippen LogP contribution is 2.30. The molecule has 0 saturated carbocycles. The molecule has 0 spiro atoms. The summed E-state index contributed by atoms with van der Waals surface area (Å²) in [5, 5.41) is 14.3. The topological polar surface area (TPSA) is 102 Å². The largest absolute Gasteiger partial charge is 0.444 e. The molecule has 1 saturated heterocycles. The molecule has 200 valence electrons. The first-order valence-electron chi connectivity index (χ1n) is 13.1. The lowest BCUT2D eigenvalue weighted by atomic mass is 10.0. The fourth-order valence-electron chi connectivity index (χ4n) is 5.21. The fourth-order valence-corrected chi connectivity index (χ4v) is 5.21. The second-order valence-corrected chi connectivity index (χ2v) is 10.9. The Bertz CT molecular complexity index is 1510. The van der Waals surface area contributed by atoms with E-state index in [1.54, 1.807) is 25.7 Å². The van der Waals surface area contributed by atoms with Crippen molar-refractivity contribution in [3.8, 4) is 11.5 Å². The number of piperidine rings is 1. The molecule has 3 heterocycles. The van der Waals surface area contributed by atoms with Gasteiger partial charge in [0.25, 0.3) is 5.91 Å². The number of carbonyl (C=O) groups excluding carboxylic acids is 2. The van der Waals surface area contributed by atoms with Crippen molar-refractivity contribution in [3.63, 3.8) is 0 Å². The van der Waals surface area contributed by atoms with E-state index in [1.807, 2.05) is 37.4 Å². The van der Waals surface area contributed by atoms with E-state index in [0.717, 1.165) is 40.0 Å². The minimum Gasteiger partial charge on any atom is -0.444 e. The summed E-state index contributed by atoms with van der Waals surface area (Å²) in [5.74, 6) is 0.676. The van der Waals surface area contributed by atoms with Crippen LogP contribution in [0, 0.1) is 0 Å². The first kappa shape index (κ1) is 25.8. The zero-order valence-electron chi connectivity index (χ0n) is 22.6. The van der Waals surface area contributed by atoms with Crippen molar-refractivity contribution in [1.82, 2.24) is 24.3 Å². The van der Waals surface area contributed by atoms with Gasteiger partial charge in [-0.15, -0.1) is 0 Å². The highest BCUT2D eigenvalue weighted by molar-refractivity contribution is 5.98. The molecule has 2 aromatic heterocycles. The standard InChI is InChI=1S/C29H35N5O4/c1-6-34-22-10-8-7-9-18(22)16-24(34)26-30-20-15-19(11-12-23(20)32(26)5)27(36)33-14-13-25(35)21(17-33)31-28(37)38-29(2,3)4/h7-12,15-16,21,25,35H,6,13-14,17H2,1-5H3,(H,31,37)/t21-,25+/m1/s1. The van der Waals surface area contributed by atoms with Gasteiger partial charge in [0.05, 0.1) is 28.9 Å². The van der Waals surface area contributed by atoms with Crippen LogP contribution in [0.25, 0.3) is 33.5 Å². The molecular weight excluding hydrogens is 482 g/mol. The van der Waals surface area contributed by atoms with Crippen LogP contribution in [0.2, 0.25) is 0 Å². The van der Waals surface area contributed by atoms with E-state index < -0.39 is 23.8 Å². The van der Waals surface area contributed by atoms with Crippen LogP contribution < -0.4 is 5.32 Å². The van der Waals surface area contributed by atoms with Gasteiger partial charge in [0.15, 0.2) is 5.82 Å². The van der Waals surface area contributed by atoms with Crippen LogP contribution in [0.1, 0.15) is 44.5 Å². The summed E-state index contributed by atoms with van der Waals surface area (Å²) in [6, 6.07) is 15.4. The van der Waals surface area contributed by atoms with Crippen molar-refractivity contribution >= 4 is 33.9 Å². The Morgan fingerprint density at radius 1 is 1.13 bits per heavy atom. The molecule has 2 N–H and O–H groups in total. The van der Waals surface area contributed by atoms with Gasteiger partial charge in [-0.25, -0.2) is 9.78 Å². The Labute approximate surface area is 222 Å². The molecule has 0 bridgehead atoms. The maximum absolute atomic E-state index is 13.5. The Hall–Kier alpha value is -3.85. The number of alkyl carbamates (subject to hydrolysis) is 1. The van der Waals surface area contributed by atoms with Crippen molar-refractivity contribution in [2.75, 3.05) is 13.1 Å². The number of aromatic nitrogens is 3. The molecule has 2 amide bonds. The predicted octanol–water partition coefficient (Wildman–Crippen LogP) is 4.32. The van der Waals surface area contributed by atoms with Gasteiger partial charge in [0, 0.05) is 43.1 Å². The molecule has 1 aliphatic rings. The van der Waals surface area contributed by atoms with Crippen molar-refractivity contribution < 1.29 is 19.4 Å². The summed E-state index contributed by atoms with van der Waals surface area (Å²) in [6.45, 7) is 8.86. The summed E-state index contributed by atoms with van der Waals surface area (Å²) in [7, 11) is 1.99. The highest BCUT2D eigenvalue weighted by Gasteiger charge is 2.33. The van der Waals surface area contributed by atoms with E-state index in [4.69, 9.17) is 9.72 Å². The van der Waals surface area contributed by atoms with Crippen molar-refractivity contribution in [3.05, 3.63) is 54.1 Å². The lowest BCUT2D eigenvalue weighted by Gasteiger charge is -2.36. The zero-order chi connectivity index (χ0) is 27.2. The van der Waals surface area contributed by atoms with Gasteiger partial charge >= 0.3 is 6.09 Å². The summed E-state index contributed by atoms with van der Waals surface area (Å²) in [4.78, 5) is 32.3. The number of aliphatic hydroxyl groups is 1. The van der Waals surface area contributed by atoms with Crippen molar-refractivity contribution in [2.24, 2.45) is 7.05 Å². The molecule has 0 aliphatic carbocycles. The molecule has 4 aromatic rings. The first-order valence-corrected chi connectivity index (χ1v) is 13.1. The Morgan fingerprint density at radius 3 is 2.63 bits per heavy atom. The summed E-state index contributed by atoms with van der Waals surface area (Å²) < 4.78 is 9.63. The van der Waals surface area contributed by atoms with Gasteiger partial charge in [-0.05, 0) is 64.4 Å². The first-order chi connectivity index (χ1) is 18.1. The number of hydrogen-bond acceptors (Lipinski definition) is 5. The molecule has 9 heteroatoms. The number of aryl methyl sites for hydroxylation is 2. The van der Waals surface area contributed by atoms with Gasteiger partial charge < -0.3 is 29.2 Å². The molecule has 2 aromatic carbocycles. The molecule has 38 heavy (non-hydrogen) atoms. The van der Waals surface area contributed by atoms with E-state index in [2.05, 4.69) is 39.6 Å². The van der Waals surface area contributed by atoms with Crippen molar-refractivity contribution in [1.29, 1.82) is 0 Å². The number of ether oxygens (including phenoxy) is 1. The van der Waals surface area contributed by atoms with Crippen LogP contribution in [0.15, 0.2) is 48.5 Å². The number of hydrogen-bond donors (Lipinski definition) is 2. The smallest absolute Gasteiger partial charge is 0.408 e. The molecule has 1 fully saturated rings. The normalized spacial score (nSPS) is 18.2. The maximum Gasteiger partial charge on any atom is 0.408 e. The third-order valence-corrected chi connectivity index (χ3v) is 7.05. The molecule has 0 radical (unpaired) electrons. The van der Waals surface area contributed by atoms with Gasteiger partial charge in [-0.3, -0.25) is 4.79 Å². The van der Waals surface area contributed by atoms with Gasteiger partial charge in [-0.2, -0.15) is 0 Å². The van der Waals surface area contributed by atoms with Crippen LogP contribution in [-0.2, 0) is 18.3 Å². The molecule has 1 aliphatic heterocycles. The van der Waals surface area contributed by atoms with Crippen LogP contribution in [0.3, 0.4) is 0 Å². The summed E-state index contributed by atoms with van der Waals surface area (Å²) in [6.07, 6.45) is -0.996. The van der Waals surface area contributed by atoms with E-state index in [9.17, 15) is 14.7 Å². The monoisotopic (exact) mass is 517 g/mol. The predicted molar refractivity (Wildman–Crippen MR) is 147 cm³/mol. The number of amides is 2. The number of aliphatic hydroxyl groups excluding tert-OH is 1. The molecule has 5 rings (SSSR count). The van der Waals surface area contributed by atoms with E-state index >= 15 is 0 Å². The lowest BCUT2D eigenvalue weighted by Crippen LogP contribution is -2.57. The number of imidazole rings is 1. The Balaban J connectivity index is 1.40.